The first kappa shape index (κ1) is 17.1. The van der Waals surface area contributed by atoms with Crippen molar-refractivity contribution >= 4 is 23.2 Å². The number of benzene rings is 2. The summed E-state index contributed by atoms with van der Waals surface area (Å²) in [6, 6.07) is 9.65. The standard InChI is InChI=1S/C17H17ClFNO3/c1-11-5-2-3-6-16(11)23-8-4-7-17(22)20-14-9-12(18)15(21)10-13(14)19/h2-3,5-6,9-10,21H,4,7-8H2,1H3,(H,20,22). The first-order valence-electron chi connectivity index (χ1n) is 7.13. The van der Waals surface area contributed by atoms with Gasteiger partial charge in [0.05, 0.1) is 17.3 Å². The van der Waals surface area contributed by atoms with Gasteiger partial charge in [0.25, 0.3) is 0 Å². The van der Waals surface area contributed by atoms with E-state index in [4.69, 9.17) is 16.3 Å². The molecule has 2 rings (SSSR count). The second-order valence-corrected chi connectivity index (χ2v) is 5.46. The molecule has 0 fully saturated rings. The summed E-state index contributed by atoms with van der Waals surface area (Å²) in [6.45, 7) is 2.33. The number of anilines is 1. The fourth-order valence-corrected chi connectivity index (χ4v) is 2.14. The Morgan fingerprint density at radius 2 is 2.09 bits per heavy atom. The average Bonchev–Trinajstić information content (AvgIpc) is 2.51. The summed E-state index contributed by atoms with van der Waals surface area (Å²) in [7, 11) is 0. The molecule has 0 saturated heterocycles. The van der Waals surface area contributed by atoms with Crippen molar-refractivity contribution < 1.29 is 19.0 Å². The van der Waals surface area contributed by atoms with Crippen LogP contribution in [-0.2, 0) is 4.79 Å². The fraction of sp³-hybridized carbons (Fsp3) is 0.235. The van der Waals surface area contributed by atoms with Gasteiger partial charge in [0.15, 0.2) is 0 Å². The Labute approximate surface area is 138 Å². The lowest BCUT2D eigenvalue weighted by Crippen LogP contribution is -2.14. The normalized spacial score (nSPS) is 10.4. The molecule has 0 unspecified atom stereocenters. The molecule has 0 spiro atoms. The minimum absolute atomic E-state index is 0.0235. The van der Waals surface area contributed by atoms with E-state index in [1.807, 2.05) is 31.2 Å². The number of carbonyl (C=O) groups excluding carboxylic acids is 1. The van der Waals surface area contributed by atoms with Gasteiger partial charge in [0.1, 0.15) is 17.3 Å². The second-order valence-electron chi connectivity index (χ2n) is 5.05. The number of rotatable bonds is 6. The van der Waals surface area contributed by atoms with Crippen LogP contribution in [0.25, 0.3) is 0 Å². The van der Waals surface area contributed by atoms with Crippen molar-refractivity contribution in [2.24, 2.45) is 0 Å². The van der Waals surface area contributed by atoms with Gasteiger partial charge >= 0.3 is 0 Å². The number of hydrogen-bond acceptors (Lipinski definition) is 3. The maximum atomic E-state index is 13.6. The number of phenolic OH excluding ortho intramolecular Hbond substituents is 1. The Bertz CT molecular complexity index is 706. The molecule has 2 aromatic carbocycles. The number of halogens is 2. The third-order valence-electron chi connectivity index (χ3n) is 3.21. The molecule has 0 aromatic heterocycles. The molecule has 6 heteroatoms. The van der Waals surface area contributed by atoms with E-state index in [1.165, 1.54) is 6.07 Å². The molecule has 1 amide bonds. The topological polar surface area (TPSA) is 58.6 Å². The SMILES string of the molecule is Cc1ccccc1OCCCC(=O)Nc1cc(Cl)c(O)cc1F. The van der Waals surface area contributed by atoms with E-state index in [9.17, 15) is 14.3 Å². The Balaban J connectivity index is 1.80. The highest BCUT2D eigenvalue weighted by Crippen LogP contribution is 2.29. The summed E-state index contributed by atoms with van der Waals surface area (Å²) in [5.41, 5.74) is 0.968. The number of aromatic hydroxyl groups is 1. The third-order valence-corrected chi connectivity index (χ3v) is 3.51. The molecule has 0 heterocycles. The van der Waals surface area contributed by atoms with Crippen LogP contribution in [0, 0.1) is 12.7 Å². The number of nitrogens with one attached hydrogen (secondary N) is 1. The summed E-state index contributed by atoms with van der Waals surface area (Å²) in [5, 5.41) is 11.7. The number of amides is 1. The first-order valence-corrected chi connectivity index (χ1v) is 7.51. The Hall–Kier alpha value is -2.27. The average molecular weight is 338 g/mol. The predicted molar refractivity (Wildman–Crippen MR) is 87.6 cm³/mol. The van der Waals surface area contributed by atoms with E-state index in [2.05, 4.69) is 5.32 Å². The summed E-state index contributed by atoms with van der Waals surface area (Å²) in [6.07, 6.45) is 0.678. The smallest absolute Gasteiger partial charge is 0.224 e. The van der Waals surface area contributed by atoms with Crippen molar-refractivity contribution in [3.63, 3.8) is 0 Å². The van der Waals surface area contributed by atoms with E-state index in [0.29, 0.717) is 13.0 Å². The Morgan fingerprint density at radius 3 is 2.83 bits per heavy atom. The highest BCUT2D eigenvalue weighted by Gasteiger charge is 2.11. The van der Waals surface area contributed by atoms with Crippen LogP contribution in [0.2, 0.25) is 5.02 Å². The summed E-state index contributed by atoms with van der Waals surface area (Å²) >= 11 is 5.69. The number of ether oxygens (including phenoxy) is 1. The lowest BCUT2D eigenvalue weighted by atomic mass is 10.2. The van der Waals surface area contributed by atoms with Gasteiger partial charge in [-0.2, -0.15) is 0 Å². The maximum absolute atomic E-state index is 13.6. The van der Waals surface area contributed by atoms with Crippen LogP contribution >= 0.6 is 11.6 Å². The molecule has 122 valence electrons. The van der Waals surface area contributed by atoms with Crippen LogP contribution in [0.4, 0.5) is 10.1 Å². The number of hydrogen-bond donors (Lipinski definition) is 2. The molecule has 2 N–H and O–H groups in total. The lowest BCUT2D eigenvalue weighted by molar-refractivity contribution is -0.116. The summed E-state index contributed by atoms with van der Waals surface area (Å²) in [4.78, 5) is 11.8. The van der Waals surface area contributed by atoms with Crippen molar-refractivity contribution in [1.82, 2.24) is 0 Å². The number of aryl methyl sites for hydroxylation is 1. The third kappa shape index (κ3) is 4.86. The van der Waals surface area contributed by atoms with Crippen LogP contribution in [0.1, 0.15) is 18.4 Å². The van der Waals surface area contributed by atoms with Gasteiger partial charge in [-0.25, -0.2) is 4.39 Å². The minimum Gasteiger partial charge on any atom is -0.506 e. The van der Waals surface area contributed by atoms with Crippen LogP contribution in [-0.4, -0.2) is 17.6 Å². The molecule has 4 nitrogen and oxygen atoms in total. The fourth-order valence-electron chi connectivity index (χ4n) is 1.98. The zero-order chi connectivity index (χ0) is 16.8. The molecular formula is C17H17ClFNO3. The van der Waals surface area contributed by atoms with Crippen molar-refractivity contribution in [2.75, 3.05) is 11.9 Å². The number of para-hydroxylation sites is 1. The highest BCUT2D eigenvalue weighted by molar-refractivity contribution is 6.32. The largest absolute Gasteiger partial charge is 0.506 e. The lowest BCUT2D eigenvalue weighted by Gasteiger charge is -2.10. The van der Waals surface area contributed by atoms with Gasteiger partial charge in [-0.3, -0.25) is 4.79 Å². The molecule has 0 aliphatic carbocycles. The van der Waals surface area contributed by atoms with E-state index in [0.717, 1.165) is 17.4 Å². The van der Waals surface area contributed by atoms with Crippen LogP contribution in [0.3, 0.4) is 0 Å². The number of phenols is 1. The van der Waals surface area contributed by atoms with Crippen LogP contribution in [0.15, 0.2) is 36.4 Å². The molecule has 0 aliphatic rings. The van der Waals surface area contributed by atoms with Crippen molar-refractivity contribution in [3.05, 3.63) is 52.8 Å². The molecular weight excluding hydrogens is 321 g/mol. The van der Waals surface area contributed by atoms with Crippen molar-refractivity contribution in [1.29, 1.82) is 0 Å². The molecule has 0 bridgehead atoms. The van der Waals surface area contributed by atoms with Crippen molar-refractivity contribution in [3.8, 4) is 11.5 Å². The molecule has 0 radical (unpaired) electrons. The predicted octanol–water partition coefficient (Wildman–Crippen LogP) is 4.29. The molecule has 2 aromatic rings. The zero-order valence-electron chi connectivity index (χ0n) is 12.6. The van der Waals surface area contributed by atoms with Gasteiger partial charge < -0.3 is 15.2 Å². The van der Waals surface area contributed by atoms with E-state index < -0.39 is 5.82 Å². The van der Waals surface area contributed by atoms with Gasteiger partial charge in [-0.15, -0.1) is 0 Å². The molecule has 0 atom stereocenters. The number of carbonyl (C=O) groups is 1. The monoisotopic (exact) mass is 337 g/mol. The maximum Gasteiger partial charge on any atom is 0.224 e. The van der Waals surface area contributed by atoms with E-state index in [-0.39, 0.29) is 28.8 Å². The molecule has 0 aliphatic heterocycles. The van der Waals surface area contributed by atoms with Gasteiger partial charge in [-0.1, -0.05) is 29.8 Å². The van der Waals surface area contributed by atoms with Crippen molar-refractivity contribution in [2.45, 2.75) is 19.8 Å². The molecule has 0 saturated carbocycles. The zero-order valence-corrected chi connectivity index (χ0v) is 13.4. The first-order chi connectivity index (χ1) is 11.0. The Morgan fingerprint density at radius 1 is 1.35 bits per heavy atom. The second kappa shape index (κ2) is 7.83. The van der Waals surface area contributed by atoms with Crippen LogP contribution in [0.5, 0.6) is 11.5 Å². The Kier molecular flexibility index (Phi) is 5.82. The quantitative estimate of drug-likeness (QED) is 0.610. The highest BCUT2D eigenvalue weighted by atomic mass is 35.5. The van der Waals surface area contributed by atoms with Gasteiger partial charge in [-0.05, 0) is 31.0 Å². The summed E-state index contributed by atoms with van der Waals surface area (Å²) < 4.78 is 19.2. The van der Waals surface area contributed by atoms with E-state index >= 15 is 0 Å². The van der Waals surface area contributed by atoms with Gasteiger partial charge in [0, 0.05) is 12.5 Å². The van der Waals surface area contributed by atoms with Gasteiger partial charge in [0.2, 0.25) is 5.91 Å². The van der Waals surface area contributed by atoms with Crippen LogP contribution < -0.4 is 10.1 Å². The van der Waals surface area contributed by atoms with E-state index in [1.54, 1.807) is 0 Å². The summed E-state index contributed by atoms with van der Waals surface area (Å²) in [5.74, 6) is -0.673. The minimum atomic E-state index is -0.739. The molecule has 23 heavy (non-hydrogen) atoms.